The molecular formula is C19H19NO6. The molecule has 0 bridgehead atoms. The van der Waals surface area contributed by atoms with Crippen LogP contribution >= 0.6 is 0 Å². The maximum atomic E-state index is 12.2. The summed E-state index contributed by atoms with van der Waals surface area (Å²) in [6.45, 7) is 1.52. The maximum absolute atomic E-state index is 12.2. The first-order chi connectivity index (χ1) is 12.6. The van der Waals surface area contributed by atoms with Crippen molar-refractivity contribution in [3.05, 3.63) is 48.5 Å². The summed E-state index contributed by atoms with van der Waals surface area (Å²) in [6.07, 6.45) is -1.91. The minimum atomic E-state index is -0.991. The second-order valence-corrected chi connectivity index (χ2v) is 5.66. The summed E-state index contributed by atoms with van der Waals surface area (Å²) in [6, 6.07) is 13.9. The average Bonchev–Trinajstić information content (AvgIpc) is 2.67. The van der Waals surface area contributed by atoms with E-state index in [4.69, 9.17) is 18.9 Å². The highest BCUT2D eigenvalue weighted by atomic mass is 16.6. The van der Waals surface area contributed by atoms with Gasteiger partial charge in [0.05, 0.1) is 7.11 Å². The zero-order valence-electron chi connectivity index (χ0n) is 14.4. The second-order valence-electron chi connectivity index (χ2n) is 5.66. The van der Waals surface area contributed by atoms with Crippen molar-refractivity contribution >= 4 is 17.6 Å². The summed E-state index contributed by atoms with van der Waals surface area (Å²) < 4.78 is 21.4. The topological polar surface area (TPSA) is 83.1 Å². The Bertz CT molecular complexity index is 806. The molecule has 1 aliphatic rings. The molecular weight excluding hydrogens is 338 g/mol. The fourth-order valence-electron chi connectivity index (χ4n) is 2.38. The molecule has 2 aromatic rings. The molecule has 0 unspecified atom stereocenters. The number of esters is 1. The molecule has 0 saturated heterocycles. The predicted octanol–water partition coefficient (Wildman–Crippen LogP) is 2.41. The Labute approximate surface area is 150 Å². The third-order valence-corrected chi connectivity index (χ3v) is 3.77. The lowest BCUT2D eigenvalue weighted by Crippen LogP contribution is -2.41. The normalized spacial score (nSPS) is 16.3. The van der Waals surface area contributed by atoms with Crippen LogP contribution in [0.5, 0.6) is 17.2 Å². The van der Waals surface area contributed by atoms with E-state index in [0.717, 1.165) is 0 Å². The van der Waals surface area contributed by atoms with Gasteiger partial charge in [0, 0.05) is 11.8 Å². The standard InChI is InChI=1S/C19H19NO6/c1-12(18(21)20-13-6-5-7-14(10-13)23-2)25-19(22)17-11-24-15-8-3-4-9-16(15)26-17/h3-10,12,17H,11H2,1-2H3,(H,20,21)/t12-,17+/m1/s1. The first kappa shape index (κ1) is 17.6. The van der Waals surface area contributed by atoms with Crippen molar-refractivity contribution < 1.29 is 28.5 Å². The molecule has 136 valence electrons. The van der Waals surface area contributed by atoms with Gasteiger partial charge in [-0.15, -0.1) is 0 Å². The Kier molecular flexibility index (Phi) is 5.26. The SMILES string of the molecule is COc1cccc(NC(=O)[C@@H](C)OC(=O)[C@@H]2COc3ccccc3O2)c1. The van der Waals surface area contributed by atoms with Crippen LogP contribution in [0.2, 0.25) is 0 Å². The smallest absolute Gasteiger partial charge is 0.351 e. The van der Waals surface area contributed by atoms with Crippen LogP contribution in [0.15, 0.2) is 48.5 Å². The number of amides is 1. The van der Waals surface area contributed by atoms with Crippen LogP contribution < -0.4 is 19.5 Å². The number of para-hydroxylation sites is 2. The number of nitrogens with one attached hydrogen (secondary N) is 1. The lowest BCUT2D eigenvalue weighted by molar-refractivity contribution is -0.162. The number of carbonyl (C=O) groups is 2. The number of hydrogen-bond donors (Lipinski definition) is 1. The Morgan fingerprint density at radius 2 is 1.92 bits per heavy atom. The zero-order valence-corrected chi connectivity index (χ0v) is 14.4. The van der Waals surface area contributed by atoms with E-state index in [2.05, 4.69) is 5.32 Å². The van der Waals surface area contributed by atoms with E-state index in [-0.39, 0.29) is 6.61 Å². The van der Waals surface area contributed by atoms with Gasteiger partial charge in [-0.2, -0.15) is 0 Å². The first-order valence-electron chi connectivity index (χ1n) is 8.10. The third-order valence-electron chi connectivity index (χ3n) is 3.77. The number of methoxy groups -OCH3 is 1. The van der Waals surface area contributed by atoms with Crippen molar-refractivity contribution in [3.63, 3.8) is 0 Å². The monoisotopic (exact) mass is 357 g/mol. The average molecular weight is 357 g/mol. The van der Waals surface area contributed by atoms with Gasteiger partial charge in [0.15, 0.2) is 17.6 Å². The summed E-state index contributed by atoms with van der Waals surface area (Å²) in [5.74, 6) is 0.532. The maximum Gasteiger partial charge on any atom is 0.351 e. The van der Waals surface area contributed by atoms with Crippen LogP contribution in [0.3, 0.4) is 0 Å². The van der Waals surface area contributed by atoms with E-state index < -0.39 is 24.1 Å². The predicted molar refractivity (Wildman–Crippen MR) is 93.5 cm³/mol. The molecule has 1 N–H and O–H groups in total. The largest absolute Gasteiger partial charge is 0.497 e. The molecule has 0 saturated carbocycles. The molecule has 1 amide bonds. The van der Waals surface area contributed by atoms with E-state index in [0.29, 0.717) is 22.9 Å². The molecule has 0 aliphatic carbocycles. The van der Waals surface area contributed by atoms with E-state index in [9.17, 15) is 9.59 Å². The van der Waals surface area contributed by atoms with Crippen LogP contribution in [-0.2, 0) is 14.3 Å². The highest BCUT2D eigenvalue weighted by molar-refractivity contribution is 5.95. The van der Waals surface area contributed by atoms with Gasteiger partial charge in [-0.05, 0) is 31.2 Å². The van der Waals surface area contributed by atoms with Crippen LogP contribution in [0.25, 0.3) is 0 Å². The highest BCUT2D eigenvalue weighted by Gasteiger charge is 2.31. The molecule has 0 aromatic heterocycles. The molecule has 0 spiro atoms. The summed E-state index contributed by atoms with van der Waals surface area (Å²) in [4.78, 5) is 24.5. The van der Waals surface area contributed by atoms with Gasteiger partial charge in [0.25, 0.3) is 5.91 Å². The van der Waals surface area contributed by atoms with Crippen LogP contribution in [0.1, 0.15) is 6.92 Å². The Hall–Kier alpha value is -3.22. The molecule has 7 heteroatoms. The molecule has 26 heavy (non-hydrogen) atoms. The van der Waals surface area contributed by atoms with Crippen LogP contribution in [-0.4, -0.2) is 37.8 Å². The lowest BCUT2D eigenvalue weighted by atomic mass is 10.2. The summed E-state index contributed by atoms with van der Waals surface area (Å²) in [7, 11) is 1.54. The molecule has 2 atom stereocenters. The highest BCUT2D eigenvalue weighted by Crippen LogP contribution is 2.31. The van der Waals surface area contributed by atoms with E-state index in [1.165, 1.54) is 14.0 Å². The van der Waals surface area contributed by atoms with Crippen molar-refractivity contribution in [2.75, 3.05) is 19.0 Å². The summed E-state index contributed by atoms with van der Waals surface area (Å²) in [5.41, 5.74) is 0.545. The van der Waals surface area contributed by atoms with Gasteiger partial charge in [-0.25, -0.2) is 4.79 Å². The molecule has 7 nitrogen and oxygen atoms in total. The molecule has 1 heterocycles. The number of rotatable bonds is 5. The summed E-state index contributed by atoms with van der Waals surface area (Å²) >= 11 is 0. The number of fused-ring (bicyclic) bond motifs is 1. The number of ether oxygens (including phenoxy) is 4. The quantitative estimate of drug-likeness (QED) is 0.828. The fourth-order valence-corrected chi connectivity index (χ4v) is 2.38. The van der Waals surface area contributed by atoms with Crippen molar-refractivity contribution in [2.24, 2.45) is 0 Å². The molecule has 2 aromatic carbocycles. The zero-order chi connectivity index (χ0) is 18.5. The Morgan fingerprint density at radius 1 is 1.15 bits per heavy atom. The third kappa shape index (κ3) is 4.05. The van der Waals surface area contributed by atoms with E-state index >= 15 is 0 Å². The second kappa shape index (κ2) is 7.77. The van der Waals surface area contributed by atoms with Gasteiger partial charge in [0.1, 0.15) is 12.4 Å². The fraction of sp³-hybridized carbons (Fsp3) is 0.263. The molecule has 1 aliphatic heterocycles. The van der Waals surface area contributed by atoms with Crippen molar-refractivity contribution in [1.82, 2.24) is 0 Å². The van der Waals surface area contributed by atoms with Crippen molar-refractivity contribution in [3.8, 4) is 17.2 Å². The van der Waals surface area contributed by atoms with Gasteiger partial charge < -0.3 is 24.3 Å². The van der Waals surface area contributed by atoms with Gasteiger partial charge in [0.2, 0.25) is 6.10 Å². The van der Waals surface area contributed by atoms with Crippen molar-refractivity contribution in [1.29, 1.82) is 0 Å². The molecule has 0 radical (unpaired) electrons. The Balaban J connectivity index is 1.56. The Morgan fingerprint density at radius 3 is 2.69 bits per heavy atom. The van der Waals surface area contributed by atoms with Gasteiger partial charge in [-0.3, -0.25) is 4.79 Å². The number of hydrogen-bond acceptors (Lipinski definition) is 6. The van der Waals surface area contributed by atoms with Crippen LogP contribution in [0, 0.1) is 0 Å². The first-order valence-corrected chi connectivity index (χ1v) is 8.10. The number of benzene rings is 2. The minimum absolute atomic E-state index is 0.0278. The van der Waals surface area contributed by atoms with E-state index in [1.54, 1.807) is 42.5 Å². The van der Waals surface area contributed by atoms with Gasteiger partial charge >= 0.3 is 5.97 Å². The van der Waals surface area contributed by atoms with Crippen molar-refractivity contribution in [2.45, 2.75) is 19.1 Å². The van der Waals surface area contributed by atoms with E-state index in [1.807, 2.05) is 6.07 Å². The minimum Gasteiger partial charge on any atom is -0.497 e. The lowest BCUT2D eigenvalue weighted by Gasteiger charge is -2.25. The molecule has 0 fully saturated rings. The number of carbonyl (C=O) groups excluding carboxylic acids is 2. The summed E-state index contributed by atoms with van der Waals surface area (Å²) in [5, 5.41) is 2.67. The van der Waals surface area contributed by atoms with Crippen LogP contribution in [0.4, 0.5) is 5.69 Å². The molecule has 3 rings (SSSR count). The van der Waals surface area contributed by atoms with Gasteiger partial charge in [-0.1, -0.05) is 18.2 Å². The number of anilines is 1.